The van der Waals surface area contributed by atoms with Gasteiger partial charge in [-0.25, -0.2) is 0 Å². The zero-order valence-electron chi connectivity index (χ0n) is 9.99. The molecule has 1 aromatic rings. The van der Waals surface area contributed by atoms with E-state index in [-0.39, 0.29) is 16.8 Å². The van der Waals surface area contributed by atoms with Gasteiger partial charge in [-0.2, -0.15) is 0 Å². The molecule has 2 rings (SSSR count). The Bertz CT molecular complexity index is 459. The van der Waals surface area contributed by atoms with Crippen LogP contribution in [0.1, 0.15) is 32.1 Å². The third-order valence-electron chi connectivity index (χ3n) is 3.28. The highest BCUT2D eigenvalue weighted by Crippen LogP contribution is 2.34. The summed E-state index contributed by atoms with van der Waals surface area (Å²) in [6, 6.07) is 3.15. The van der Waals surface area contributed by atoms with Crippen LogP contribution in [0.4, 0.5) is 17.1 Å². The number of anilines is 2. The predicted octanol–water partition coefficient (Wildman–Crippen LogP) is 3.58. The number of nitrogens with two attached hydrogens (primary N) is 1. The number of hydrogen-bond donors (Lipinski definition) is 2. The van der Waals surface area contributed by atoms with E-state index in [9.17, 15) is 10.1 Å². The van der Waals surface area contributed by atoms with Crippen molar-refractivity contribution >= 4 is 28.7 Å². The third kappa shape index (κ3) is 2.85. The Morgan fingerprint density at radius 1 is 1.33 bits per heavy atom. The Hall–Kier alpha value is -1.49. The summed E-state index contributed by atoms with van der Waals surface area (Å²) in [5.41, 5.74) is 6.51. The SMILES string of the molecule is Nc1cc(NC2CCCCC2)c([N+](=O)[O-])cc1Cl. The summed E-state index contributed by atoms with van der Waals surface area (Å²) < 4.78 is 0. The standard InChI is InChI=1S/C12H16ClN3O2/c13-9-6-12(16(17)18)11(7-10(9)14)15-8-4-2-1-3-5-8/h6-8,15H,1-5,14H2. The van der Waals surface area contributed by atoms with Gasteiger partial charge in [-0.05, 0) is 18.9 Å². The van der Waals surface area contributed by atoms with Gasteiger partial charge in [0.2, 0.25) is 0 Å². The van der Waals surface area contributed by atoms with E-state index in [2.05, 4.69) is 5.32 Å². The second-order valence-corrected chi connectivity index (χ2v) is 5.03. The van der Waals surface area contributed by atoms with Crippen molar-refractivity contribution in [3.63, 3.8) is 0 Å². The Morgan fingerprint density at radius 3 is 2.61 bits per heavy atom. The van der Waals surface area contributed by atoms with Crippen molar-refractivity contribution in [2.24, 2.45) is 0 Å². The van der Waals surface area contributed by atoms with Crippen LogP contribution in [0.5, 0.6) is 0 Å². The molecule has 1 aromatic carbocycles. The summed E-state index contributed by atoms with van der Waals surface area (Å²) in [6.07, 6.45) is 5.64. The van der Waals surface area contributed by atoms with Gasteiger partial charge in [0.15, 0.2) is 0 Å². The van der Waals surface area contributed by atoms with Crippen molar-refractivity contribution in [3.05, 3.63) is 27.3 Å². The molecule has 98 valence electrons. The molecule has 0 saturated heterocycles. The molecular formula is C12H16ClN3O2. The highest BCUT2D eigenvalue weighted by molar-refractivity contribution is 6.33. The van der Waals surface area contributed by atoms with Crippen molar-refractivity contribution in [2.75, 3.05) is 11.1 Å². The largest absolute Gasteiger partial charge is 0.397 e. The zero-order chi connectivity index (χ0) is 13.1. The molecule has 0 bridgehead atoms. The average molecular weight is 270 g/mol. The molecule has 1 aliphatic rings. The van der Waals surface area contributed by atoms with E-state index in [1.54, 1.807) is 6.07 Å². The molecule has 0 aliphatic heterocycles. The number of nitro benzene ring substituents is 1. The topological polar surface area (TPSA) is 81.2 Å². The van der Waals surface area contributed by atoms with Crippen LogP contribution < -0.4 is 11.1 Å². The average Bonchev–Trinajstić information content (AvgIpc) is 2.34. The molecule has 5 nitrogen and oxygen atoms in total. The maximum Gasteiger partial charge on any atom is 0.293 e. The Morgan fingerprint density at radius 2 is 2.00 bits per heavy atom. The van der Waals surface area contributed by atoms with E-state index in [1.807, 2.05) is 0 Å². The highest BCUT2D eigenvalue weighted by atomic mass is 35.5. The van der Waals surface area contributed by atoms with Crippen molar-refractivity contribution in [3.8, 4) is 0 Å². The summed E-state index contributed by atoms with van der Waals surface area (Å²) in [7, 11) is 0. The monoisotopic (exact) mass is 269 g/mol. The first kappa shape index (κ1) is 13.0. The Kier molecular flexibility index (Phi) is 3.91. The van der Waals surface area contributed by atoms with E-state index >= 15 is 0 Å². The highest BCUT2D eigenvalue weighted by Gasteiger charge is 2.20. The number of nitrogens with one attached hydrogen (secondary N) is 1. The maximum absolute atomic E-state index is 11.0. The smallest absolute Gasteiger partial charge is 0.293 e. The van der Waals surface area contributed by atoms with Gasteiger partial charge in [-0.1, -0.05) is 30.9 Å². The first-order valence-corrected chi connectivity index (χ1v) is 6.45. The van der Waals surface area contributed by atoms with Crippen LogP contribution in [0.15, 0.2) is 12.1 Å². The summed E-state index contributed by atoms with van der Waals surface area (Å²) in [6.45, 7) is 0. The lowest BCUT2D eigenvalue weighted by Crippen LogP contribution is -2.22. The number of nitro groups is 1. The molecule has 1 saturated carbocycles. The summed E-state index contributed by atoms with van der Waals surface area (Å²) in [5.74, 6) is 0. The van der Waals surface area contributed by atoms with Gasteiger partial charge in [0, 0.05) is 12.1 Å². The van der Waals surface area contributed by atoms with Crippen LogP contribution in [0.25, 0.3) is 0 Å². The molecule has 1 fully saturated rings. The molecule has 0 radical (unpaired) electrons. The van der Waals surface area contributed by atoms with Crippen molar-refractivity contribution in [1.82, 2.24) is 0 Å². The van der Waals surface area contributed by atoms with Gasteiger partial charge < -0.3 is 11.1 Å². The lowest BCUT2D eigenvalue weighted by Gasteiger charge is -2.23. The fraction of sp³-hybridized carbons (Fsp3) is 0.500. The number of halogens is 1. The summed E-state index contributed by atoms with van der Waals surface area (Å²) >= 11 is 5.82. The van der Waals surface area contributed by atoms with Crippen molar-refractivity contribution in [1.29, 1.82) is 0 Å². The van der Waals surface area contributed by atoms with Crippen LogP contribution in [0.2, 0.25) is 5.02 Å². The quantitative estimate of drug-likeness (QED) is 0.499. The number of rotatable bonds is 3. The van der Waals surface area contributed by atoms with E-state index in [4.69, 9.17) is 17.3 Å². The van der Waals surface area contributed by atoms with Gasteiger partial charge >= 0.3 is 0 Å². The normalized spacial score (nSPS) is 16.5. The van der Waals surface area contributed by atoms with E-state index < -0.39 is 4.92 Å². The fourth-order valence-electron chi connectivity index (χ4n) is 2.31. The van der Waals surface area contributed by atoms with E-state index in [0.717, 1.165) is 25.7 Å². The predicted molar refractivity (Wildman–Crippen MR) is 73.0 cm³/mol. The molecule has 0 aromatic heterocycles. The molecule has 0 amide bonds. The van der Waals surface area contributed by atoms with Crippen LogP contribution in [0, 0.1) is 10.1 Å². The van der Waals surface area contributed by atoms with Crippen LogP contribution >= 0.6 is 11.6 Å². The maximum atomic E-state index is 11.0. The Balaban J connectivity index is 2.24. The molecule has 0 heterocycles. The van der Waals surface area contributed by atoms with Crippen LogP contribution in [-0.4, -0.2) is 11.0 Å². The van der Waals surface area contributed by atoms with Gasteiger partial charge in [0.05, 0.1) is 15.6 Å². The second kappa shape index (κ2) is 5.44. The minimum atomic E-state index is -0.434. The molecule has 0 spiro atoms. The molecule has 3 N–H and O–H groups in total. The number of nitrogens with zero attached hydrogens (tertiary/aromatic N) is 1. The number of nitrogen functional groups attached to an aromatic ring is 1. The second-order valence-electron chi connectivity index (χ2n) is 4.63. The lowest BCUT2D eigenvalue weighted by atomic mass is 9.95. The zero-order valence-corrected chi connectivity index (χ0v) is 10.7. The minimum Gasteiger partial charge on any atom is -0.397 e. The molecule has 1 aliphatic carbocycles. The molecule has 0 atom stereocenters. The summed E-state index contributed by atoms with van der Waals surface area (Å²) in [5, 5.41) is 14.4. The number of benzene rings is 1. The first-order valence-electron chi connectivity index (χ1n) is 6.08. The lowest BCUT2D eigenvalue weighted by molar-refractivity contribution is -0.384. The number of hydrogen-bond acceptors (Lipinski definition) is 4. The fourth-order valence-corrected chi connectivity index (χ4v) is 2.47. The van der Waals surface area contributed by atoms with Crippen molar-refractivity contribution in [2.45, 2.75) is 38.1 Å². The van der Waals surface area contributed by atoms with Gasteiger partial charge in [-0.15, -0.1) is 0 Å². The van der Waals surface area contributed by atoms with Crippen LogP contribution in [0.3, 0.4) is 0 Å². The van der Waals surface area contributed by atoms with E-state index in [0.29, 0.717) is 11.4 Å². The molecular weight excluding hydrogens is 254 g/mol. The summed E-state index contributed by atoms with van der Waals surface area (Å²) in [4.78, 5) is 10.6. The van der Waals surface area contributed by atoms with E-state index in [1.165, 1.54) is 12.5 Å². The first-order chi connectivity index (χ1) is 8.58. The van der Waals surface area contributed by atoms with Gasteiger partial charge in [0.1, 0.15) is 5.69 Å². The molecule has 18 heavy (non-hydrogen) atoms. The molecule has 6 heteroatoms. The third-order valence-corrected chi connectivity index (χ3v) is 3.60. The molecule has 0 unspecified atom stereocenters. The van der Waals surface area contributed by atoms with Crippen LogP contribution in [-0.2, 0) is 0 Å². The minimum absolute atomic E-state index is 0.0141. The van der Waals surface area contributed by atoms with Gasteiger partial charge in [-0.3, -0.25) is 10.1 Å². The Labute approximate surface area is 110 Å². The van der Waals surface area contributed by atoms with Crippen molar-refractivity contribution < 1.29 is 4.92 Å². The van der Waals surface area contributed by atoms with Gasteiger partial charge in [0.25, 0.3) is 5.69 Å².